The Morgan fingerprint density at radius 2 is 1.02 bits per heavy atom. The van der Waals surface area contributed by atoms with Crippen molar-refractivity contribution < 1.29 is 19.2 Å². The Labute approximate surface area is 381 Å². The summed E-state index contributed by atoms with van der Waals surface area (Å²) in [7, 11) is 3.23. The molecule has 2 unspecified atom stereocenters. The lowest BCUT2D eigenvalue weighted by molar-refractivity contribution is -0.123. The van der Waals surface area contributed by atoms with Crippen molar-refractivity contribution in [1.29, 1.82) is 0 Å². The third kappa shape index (κ3) is 17.9. The molecule has 0 aliphatic carbocycles. The van der Waals surface area contributed by atoms with Gasteiger partial charge in [-0.15, -0.1) is 0 Å². The minimum Gasteiger partial charge on any atom is -0.379 e. The maximum atomic E-state index is 12.1. The van der Waals surface area contributed by atoms with Crippen LogP contribution < -0.4 is 11.5 Å². The number of thioether (sulfide) groups is 2. The number of carbonyl (C=O) groups excluding carboxylic acids is 4. The van der Waals surface area contributed by atoms with Crippen LogP contribution in [-0.4, -0.2) is 101 Å². The fourth-order valence-corrected chi connectivity index (χ4v) is 7.51. The molecule has 18 heteroatoms. The summed E-state index contributed by atoms with van der Waals surface area (Å²) in [5.74, 6) is 2.78. The molecule has 4 heterocycles. The lowest BCUT2D eigenvalue weighted by Crippen LogP contribution is -2.36. The minimum absolute atomic E-state index is 0. The Morgan fingerprint density at radius 1 is 0.607 bits per heavy atom. The van der Waals surface area contributed by atoms with E-state index in [1.54, 1.807) is 20.2 Å². The number of ketones is 4. The quantitative estimate of drug-likeness (QED) is 0.188. The van der Waals surface area contributed by atoms with E-state index in [1.807, 2.05) is 117 Å². The maximum absolute atomic E-state index is 12.1. The summed E-state index contributed by atoms with van der Waals surface area (Å²) in [6.07, 6.45) is 3.65. The number of aryl methyl sites for hydroxylation is 2. The molecule has 0 fully saturated rings. The van der Waals surface area contributed by atoms with E-state index < -0.39 is 10.8 Å². The van der Waals surface area contributed by atoms with Gasteiger partial charge in [-0.2, -0.15) is 8.75 Å². The fraction of sp³-hybridized carbons (Fsp3) is 0.628. The monoisotopic (exact) mass is 918 g/mol. The maximum Gasteiger partial charge on any atom is 0.194 e. The van der Waals surface area contributed by atoms with Crippen LogP contribution in [0.3, 0.4) is 0 Å². The summed E-state index contributed by atoms with van der Waals surface area (Å²) in [5.41, 5.74) is 11.9. The number of rotatable bonds is 8. The van der Waals surface area contributed by atoms with Crippen molar-refractivity contribution in [2.45, 2.75) is 130 Å². The fourth-order valence-electron chi connectivity index (χ4n) is 5.01. The van der Waals surface area contributed by atoms with Crippen molar-refractivity contribution in [2.24, 2.45) is 53.1 Å². The smallest absolute Gasteiger partial charge is 0.194 e. The Bertz CT molecular complexity index is 1890. The molecule has 0 bridgehead atoms. The molecule has 4 N–H and O–H groups in total. The van der Waals surface area contributed by atoms with Crippen LogP contribution in [0.1, 0.15) is 126 Å². The predicted molar refractivity (Wildman–Crippen MR) is 263 cm³/mol. The second kappa shape index (κ2) is 24.2. The van der Waals surface area contributed by atoms with Gasteiger partial charge in [-0.1, -0.05) is 126 Å². The number of aliphatic imine (C=N–C) groups is 4. The number of hydrogen-bond acceptors (Lipinski definition) is 18. The topological polar surface area (TPSA) is 221 Å². The highest BCUT2D eigenvalue weighted by Crippen LogP contribution is 2.29. The van der Waals surface area contributed by atoms with E-state index in [0.717, 1.165) is 27.1 Å². The van der Waals surface area contributed by atoms with Gasteiger partial charge in [0, 0.05) is 52.8 Å². The van der Waals surface area contributed by atoms with Gasteiger partial charge in [0.25, 0.3) is 0 Å². The van der Waals surface area contributed by atoms with Gasteiger partial charge in [0.2, 0.25) is 0 Å². The normalized spacial score (nSPS) is 17.6. The Hall–Kier alpha value is -3.74. The van der Waals surface area contributed by atoms with Crippen molar-refractivity contribution in [3.63, 3.8) is 0 Å². The molecule has 14 nitrogen and oxygen atoms in total. The molecule has 0 radical (unpaired) electrons. The van der Waals surface area contributed by atoms with Crippen LogP contribution >= 0.6 is 46.6 Å². The molecule has 0 aromatic carbocycles. The van der Waals surface area contributed by atoms with Gasteiger partial charge in [0.15, 0.2) is 45.1 Å². The van der Waals surface area contributed by atoms with Crippen LogP contribution in [0, 0.1) is 35.5 Å². The third-order valence-corrected chi connectivity index (χ3v) is 11.3. The van der Waals surface area contributed by atoms with Gasteiger partial charge in [-0.3, -0.25) is 39.1 Å². The lowest BCUT2D eigenvalue weighted by Gasteiger charge is -2.20. The Balaban J connectivity index is 0.000000783. The molecular weight excluding hydrogens is 849 g/mol. The summed E-state index contributed by atoms with van der Waals surface area (Å²) < 4.78 is 8.26. The number of Topliss-reactive ketones (excluding diaryl/α,β-unsaturated/α-hetero) is 4. The van der Waals surface area contributed by atoms with Crippen LogP contribution in [0.2, 0.25) is 0 Å². The van der Waals surface area contributed by atoms with E-state index in [-0.39, 0.29) is 53.5 Å². The number of amidine groups is 2. The van der Waals surface area contributed by atoms with Crippen molar-refractivity contribution in [2.75, 3.05) is 25.6 Å². The Kier molecular flexibility index (Phi) is 22.7. The van der Waals surface area contributed by atoms with Crippen LogP contribution in [0.15, 0.2) is 37.7 Å². The van der Waals surface area contributed by atoms with E-state index in [2.05, 4.69) is 38.7 Å². The van der Waals surface area contributed by atoms with Crippen molar-refractivity contribution in [3.05, 3.63) is 39.4 Å². The largest absolute Gasteiger partial charge is 0.379 e. The Morgan fingerprint density at radius 3 is 1.31 bits per heavy atom. The SMILES string of the molecule is C.C/C=C(\C(=O)C(C)(C)C)C1CSC(N)=N1.C/C=C(\C(=O)C(C)(C)C)c1nsc(C)n1.CN=C(C(=O)C(C)(C)C)C1CSC(N)=N1.CN=C(C(=O)C(C)(C)C)c1nsc(C)n1. The van der Waals surface area contributed by atoms with E-state index in [0.29, 0.717) is 39.0 Å². The number of carbonyl (C=O) groups is 4. The zero-order chi connectivity index (χ0) is 46.6. The van der Waals surface area contributed by atoms with Gasteiger partial charge in [0.1, 0.15) is 27.5 Å². The lowest BCUT2D eigenvalue weighted by atomic mass is 9.84. The zero-order valence-electron chi connectivity index (χ0n) is 38.7. The van der Waals surface area contributed by atoms with Gasteiger partial charge in [0.05, 0.1) is 11.6 Å². The van der Waals surface area contributed by atoms with Crippen LogP contribution in [0.4, 0.5) is 0 Å². The van der Waals surface area contributed by atoms with Crippen LogP contribution in [0.25, 0.3) is 5.57 Å². The van der Waals surface area contributed by atoms with Gasteiger partial charge >= 0.3 is 0 Å². The van der Waals surface area contributed by atoms with E-state index >= 15 is 0 Å². The van der Waals surface area contributed by atoms with Crippen LogP contribution in [-0.2, 0) is 19.2 Å². The average molecular weight is 919 g/mol. The van der Waals surface area contributed by atoms with Crippen molar-refractivity contribution >= 4 is 97.1 Å². The molecule has 2 aliphatic heterocycles. The highest BCUT2D eigenvalue weighted by Gasteiger charge is 2.34. The highest BCUT2D eigenvalue weighted by atomic mass is 32.2. The molecule has 2 aromatic rings. The molecule has 0 saturated heterocycles. The first-order valence-electron chi connectivity index (χ1n) is 19.4. The molecule has 0 amide bonds. The average Bonchev–Trinajstić information content (AvgIpc) is 3.95. The third-order valence-electron chi connectivity index (χ3n) is 8.27. The molecule has 2 aromatic heterocycles. The minimum atomic E-state index is -0.450. The molecule has 2 aliphatic rings. The number of allylic oxidation sites excluding steroid dienone is 3. The van der Waals surface area contributed by atoms with E-state index in [9.17, 15) is 19.2 Å². The molecule has 4 rings (SSSR count). The standard InChI is InChI=1S/C11H16N2OS.C11H18N2OS.C10H17N3OS.C10H15N3OS.CH4/c1-6-8(9(14)11(3,4)5)10-12-7(2)15-13-10;1-5-7(9(14)11(2,3)4)8-6-15-10(12)13-8;1-10(2,3)8(14)7(12-4)6-5-15-9(11)13-6;1-6-12-9(13-15-6)7(11-5)8(14)10(2,3)4;/h6H,1-5H3;5,8H,6H2,1-4H3,(H2,12,13);6H,5H2,1-4H3,(H2,11,13);1-5H3;1H4/b8-6+;7-5-;;;. The second-order valence-corrected chi connectivity index (χ2v) is 21.8. The number of hydrogen-bond donors (Lipinski definition) is 2. The summed E-state index contributed by atoms with van der Waals surface area (Å²) >= 11 is 5.59. The number of nitrogens with zero attached hydrogens (tertiary/aromatic N) is 8. The van der Waals surface area contributed by atoms with Gasteiger partial charge in [-0.05, 0) is 50.8 Å². The van der Waals surface area contributed by atoms with Crippen molar-refractivity contribution in [3.8, 4) is 0 Å². The van der Waals surface area contributed by atoms with Crippen molar-refractivity contribution in [1.82, 2.24) is 18.7 Å². The second-order valence-electron chi connectivity index (χ2n) is 17.8. The molecule has 340 valence electrons. The summed E-state index contributed by atoms with van der Waals surface area (Å²) in [6.45, 7) is 30.2. The number of nitrogens with two attached hydrogens (primary N) is 2. The summed E-state index contributed by atoms with van der Waals surface area (Å²) in [5, 5.41) is 2.85. The number of aromatic nitrogens is 4. The first kappa shape index (κ1) is 57.3. The molecule has 61 heavy (non-hydrogen) atoms. The molecule has 0 saturated carbocycles. The predicted octanol–water partition coefficient (Wildman–Crippen LogP) is 8.46. The van der Waals surface area contributed by atoms with E-state index in [1.165, 1.54) is 46.6 Å². The van der Waals surface area contributed by atoms with E-state index in [4.69, 9.17) is 11.5 Å². The summed E-state index contributed by atoms with van der Waals surface area (Å²) in [6, 6.07) is -0.210. The van der Waals surface area contributed by atoms with Crippen LogP contribution in [0.5, 0.6) is 0 Å². The molecule has 0 spiro atoms. The van der Waals surface area contributed by atoms with Gasteiger partial charge in [-0.25, -0.2) is 9.97 Å². The molecular formula is C43H70N10O4S4. The zero-order valence-corrected chi connectivity index (χ0v) is 42.0. The highest BCUT2D eigenvalue weighted by molar-refractivity contribution is 8.14. The van der Waals surface area contributed by atoms with Gasteiger partial charge < -0.3 is 11.5 Å². The first-order chi connectivity index (χ1) is 27.4. The molecule has 2 atom stereocenters. The summed E-state index contributed by atoms with van der Waals surface area (Å²) in [4.78, 5) is 73.1. The first-order valence-corrected chi connectivity index (χ1v) is 22.9.